The summed E-state index contributed by atoms with van der Waals surface area (Å²) in [6.07, 6.45) is 2.52. The van der Waals surface area contributed by atoms with Crippen molar-refractivity contribution in [2.24, 2.45) is 5.41 Å². The Kier molecular flexibility index (Phi) is 4.12. The van der Waals surface area contributed by atoms with Crippen molar-refractivity contribution in [2.45, 2.75) is 39.4 Å². The van der Waals surface area contributed by atoms with Crippen molar-refractivity contribution in [3.05, 3.63) is 48.0 Å². The highest BCUT2D eigenvalue weighted by Gasteiger charge is 2.44. The van der Waals surface area contributed by atoms with E-state index in [2.05, 4.69) is 0 Å². The predicted molar refractivity (Wildman–Crippen MR) is 70.6 cm³/mol. The maximum Gasteiger partial charge on any atom is 0.117 e. The van der Waals surface area contributed by atoms with Crippen LogP contribution in [0.15, 0.2) is 42.5 Å². The monoisotopic (exact) mass is 234 g/mol. The summed E-state index contributed by atoms with van der Waals surface area (Å²) >= 11 is 0. The molecule has 1 aromatic carbocycles. The molecule has 17 heavy (non-hydrogen) atoms. The van der Waals surface area contributed by atoms with Gasteiger partial charge in [0.2, 0.25) is 0 Å². The molecule has 94 valence electrons. The summed E-state index contributed by atoms with van der Waals surface area (Å²) in [4.78, 5) is 0. The van der Waals surface area contributed by atoms with E-state index in [9.17, 15) is 10.2 Å². The first-order valence-corrected chi connectivity index (χ1v) is 5.92. The van der Waals surface area contributed by atoms with Crippen molar-refractivity contribution in [3.8, 4) is 0 Å². The maximum absolute atomic E-state index is 10.7. The number of hydrogen-bond donors (Lipinski definition) is 2. The molecule has 0 radical (unpaired) electrons. The number of rotatable bonds is 3. The maximum atomic E-state index is 10.7. The Bertz CT molecular complexity index is 376. The zero-order chi connectivity index (χ0) is 13.1. The zero-order valence-corrected chi connectivity index (χ0v) is 11.0. The highest BCUT2D eigenvalue weighted by atomic mass is 16.3. The lowest BCUT2D eigenvalue weighted by atomic mass is 9.71. The van der Waals surface area contributed by atoms with E-state index in [1.54, 1.807) is 12.2 Å². The van der Waals surface area contributed by atoms with Crippen molar-refractivity contribution in [1.82, 2.24) is 0 Å². The fourth-order valence-corrected chi connectivity index (χ4v) is 1.89. The van der Waals surface area contributed by atoms with Crippen molar-refractivity contribution in [1.29, 1.82) is 0 Å². The van der Waals surface area contributed by atoms with Crippen molar-refractivity contribution in [3.63, 3.8) is 0 Å². The van der Waals surface area contributed by atoms with Gasteiger partial charge in [-0.2, -0.15) is 0 Å². The number of benzene rings is 1. The first-order valence-electron chi connectivity index (χ1n) is 5.92. The van der Waals surface area contributed by atoms with Gasteiger partial charge in [-0.1, -0.05) is 63.3 Å². The van der Waals surface area contributed by atoms with Gasteiger partial charge in [0.05, 0.1) is 0 Å². The van der Waals surface area contributed by atoms with Crippen LogP contribution in [0, 0.1) is 5.41 Å². The standard InChI is InChI=1S/C15H22O2/c1-5-11-15(17,14(2,3)4)13(16)12-9-7-6-8-10-12/h5-11,13,16-17H,1-4H3/b11-5+/t13-,15-/m1/s1. The summed E-state index contributed by atoms with van der Waals surface area (Å²) in [5, 5.41) is 21.1. The van der Waals surface area contributed by atoms with Crippen LogP contribution in [-0.2, 0) is 0 Å². The van der Waals surface area contributed by atoms with Gasteiger partial charge in [-0.05, 0) is 17.9 Å². The zero-order valence-electron chi connectivity index (χ0n) is 11.0. The molecule has 0 aliphatic carbocycles. The third-order valence-electron chi connectivity index (χ3n) is 3.15. The van der Waals surface area contributed by atoms with Crippen molar-refractivity contribution < 1.29 is 10.2 Å². The lowest BCUT2D eigenvalue weighted by Crippen LogP contribution is -2.46. The van der Waals surface area contributed by atoms with Gasteiger partial charge in [-0.3, -0.25) is 0 Å². The first kappa shape index (κ1) is 13.9. The predicted octanol–water partition coefficient (Wildman–Crippen LogP) is 3.07. The summed E-state index contributed by atoms with van der Waals surface area (Å²) in [5.74, 6) is 0. The lowest BCUT2D eigenvalue weighted by Gasteiger charge is -2.41. The van der Waals surface area contributed by atoms with E-state index >= 15 is 0 Å². The molecule has 1 aromatic rings. The van der Waals surface area contributed by atoms with Crippen LogP contribution in [0.3, 0.4) is 0 Å². The fourth-order valence-electron chi connectivity index (χ4n) is 1.89. The normalized spacial score (nSPS) is 18.0. The minimum Gasteiger partial charge on any atom is -0.385 e. The number of allylic oxidation sites excluding steroid dienone is 1. The molecule has 0 fully saturated rings. The number of hydrogen-bond acceptors (Lipinski definition) is 2. The molecule has 0 unspecified atom stereocenters. The quantitative estimate of drug-likeness (QED) is 0.789. The highest BCUT2D eigenvalue weighted by Crippen LogP contribution is 2.41. The van der Waals surface area contributed by atoms with Gasteiger partial charge >= 0.3 is 0 Å². The van der Waals surface area contributed by atoms with Crippen LogP contribution in [0.2, 0.25) is 0 Å². The van der Waals surface area contributed by atoms with Gasteiger partial charge < -0.3 is 10.2 Å². The molecule has 2 atom stereocenters. The van der Waals surface area contributed by atoms with Crippen LogP contribution < -0.4 is 0 Å². The van der Waals surface area contributed by atoms with Crippen LogP contribution >= 0.6 is 0 Å². The van der Waals surface area contributed by atoms with E-state index in [0.29, 0.717) is 0 Å². The smallest absolute Gasteiger partial charge is 0.117 e. The van der Waals surface area contributed by atoms with E-state index in [1.807, 2.05) is 58.0 Å². The average molecular weight is 234 g/mol. The van der Waals surface area contributed by atoms with Gasteiger partial charge in [0.15, 0.2) is 0 Å². The topological polar surface area (TPSA) is 40.5 Å². The molecule has 0 heterocycles. The van der Waals surface area contributed by atoms with E-state index in [1.165, 1.54) is 0 Å². The Balaban J connectivity index is 3.17. The Labute approximate surface area is 104 Å². The molecule has 0 saturated carbocycles. The molecule has 0 spiro atoms. The highest BCUT2D eigenvalue weighted by molar-refractivity contribution is 5.25. The second-order valence-corrected chi connectivity index (χ2v) is 5.39. The van der Waals surface area contributed by atoms with E-state index in [-0.39, 0.29) is 0 Å². The third-order valence-corrected chi connectivity index (χ3v) is 3.15. The molecule has 0 aliphatic heterocycles. The fraction of sp³-hybridized carbons (Fsp3) is 0.467. The summed E-state index contributed by atoms with van der Waals surface area (Å²) in [5.41, 5.74) is -0.999. The minimum absolute atomic E-state index is 0.450. The average Bonchev–Trinajstić information content (AvgIpc) is 2.28. The SMILES string of the molecule is C/C=C/[C@@](O)([C@H](O)c1ccccc1)C(C)(C)C. The molecular weight excluding hydrogens is 212 g/mol. The van der Waals surface area contributed by atoms with Gasteiger partial charge in [0.1, 0.15) is 11.7 Å². The molecule has 0 amide bonds. The third kappa shape index (κ3) is 2.76. The van der Waals surface area contributed by atoms with Crippen LogP contribution in [0.25, 0.3) is 0 Å². The van der Waals surface area contributed by atoms with E-state index < -0.39 is 17.1 Å². The number of aliphatic hydroxyl groups is 2. The Hall–Kier alpha value is -1.12. The first-order chi connectivity index (χ1) is 7.83. The molecule has 0 aliphatic rings. The van der Waals surface area contributed by atoms with Crippen LogP contribution in [0.4, 0.5) is 0 Å². The molecular formula is C15H22O2. The van der Waals surface area contributed by atoms with Gasteiger partial charge in [0.25, 0.3) is 0 Å². The summed E-state index contributed by atoms with van der Waals surface area (Å²) in [6.45, 7) is 7.59. The Morgan fingerprint density at radius 3 is 2.06 bits per heavy atom. The summed E-state index contributed by atoms with van der Waals surface area (Å²) < 4.78 is 0. The second kappa shape index (κ2) is 5.03. The van der Waals surface area contributed by atoms with E-state index in [4.69, 9.17) is 0 Å². The van der Waals surface area contributed by atoms with Crippen molar-refractivity contribution in [2.75, 3.05) is 0 Å². The van der Waals surface area contributed by atoms with E-state index in [0.717, 1.165) is 5.56 Å². The molecule has 2 nitrogen and oxygen atoms in total. The molecule has 0 bridgehead atoms. The van der Waals surface area contributed by atoms with Crippen LogP contribution in [0.5, 0.6) is 0 Å². The Morgan fingerprint density at radius 2 is 1.65 bits per heavy atom. The molecule has 1 rings (SSSR count). The molecule has 2 N–H and O–H groups in total. The van der Waals surface area contributed by atoms with Crippen LogP contribution in [0.1, 0.15) is 39.4 Å². The molecule has 2 heteroatoms. The van der Waals surface area contributed by atoms with Gasteiger partial charge in [-0.15, -0.1) is 0 Å². The second-order valence-electron chi connectivity index (χ2n) is 5.39. The minimum atomic E-state index is -1.27. The lowest BCUT2D eigenvalue weighted by molar-refractivity contribution is -0.109. The Morgan fingerprint density at radius 1 is 1.12 bits per heavy atom. The largest absolute Gasteiger partial charge is 0.385 e. The van der Waals surface area contributed by atoms with Gasteiger partial charge in [0, 0.05) is 0 Å². The van der Waals surface area contributed by atoms with Crippen molar-refractivity contribution >= 4 is 0 Å². The van der Waals surface area contributed by atoms with Gasteiger partial charge in [-0.25, -0.2) is 0 Å². The summed E-state index contributed by atoms with van der Waals surface area (Å²) in [6, 6.07) is 9.26. The molecule has 0 aromatic heterocycles. The molecule has 0 saturated heterocycles. The van der Waals surface area contributed by atoms with Crippen LogP contribution in [-0.4, -0.2) is 15.8 Å². The summed E-state index contributed by atoms with van der Waals surface area (Å²) in [7, 11) is 0. The number of aliphatic hydroxyl groups excluding tert-OH is 1.